The van der Waals surface area contributed by atoms with Crippen molar-refractivity contribution in [2.45, 2.75) is 32.7 Å². The SMILES string of the molecule is Cc1cc(Br)cc(Cl)c1OCCNC(C)C1CC1. The molecule has 0 radical (unpaired) electrons. The van der Waals surface area contributed by atoms with Crippen LogP contribution in [-0.2, 0) is 0 Å². The molecule has 1 saturated carbocycles. The maximum absolute atomic E-state index is 6.16. The van der Waals surface area contributed by atoms with Gasteiger partial charge in [-0.15, -0.1) is 0 Å². The van der Waals surface area contributed by atoms with Gasteiger partial charge in [0.1, 0.15) is 12.4 Å². The first-order valence-electron chi connectivity index (χ1n) is 6.39. The number of halogens is 2. The summed E-state index contributed by atoms with van der Waals surface area (Å²) in [6.45, 7) is 5.77. The maximum atomic E-state index is 6.16. The molecule has 0 heterocycles. The van der Waals surface area contributed by atoms with Gasteiger partial charge < -0.3 is 10.1 Å². The topological polar surface area (TPSA) is 21.3 Å². The third kappa shape index (κ3) is 3.87. The quantitative estimate of drug-likeness (QED) is 0.789. The average Bonchev–Trinajstić information content (AvgIpc) is 3.10. The van der Waals surface area contributed by atoms with Crippen LogP contribution in [0.2, 0.25) is 5.02 Å². The van der Waals surface area contributed by atoms with Crippen molar-refractivity contribution in [3.63, 3.8) is 0 Å². The second kappa shape index (κ2) is 6.27. The zero-order valence-electron chi connectivity index (χ0n) is 10.8. The van der Waals surface area contributed by atoms with Crippen LogP contribution in [0.25, 0.3) is 0 Å². The predicted octanol–water partition coefficient (Wildman–Crippen LogP) is 4.18. The van der Waals surface area contributed by atoms with Gasteiger partial charge in [0, 0.05) is 17.1 Å². The Morgan fingerprint density at radius 2 is 2.22 bits per heavy atom. The van der Waals surface area contributed by atoms with Gasteiger partial charge in [0.15, 0.2) is 0 Å². The zero-order valence-corrected chi connectivity index (χ0v) is 13.1. The lowest BCUT2D eigenvalue weighted by Gasteiger charge is -2.15. The van der Waals surface area contributed by atoms with E-state index in [1.54, 1.807) is 0 Å². The molecule has 1 aromatic carbocycles. The monoisotopic (exact) mass is 331 g/mol. The van der Waals surface area contributed by atoms with Crippen molar-refractivity contribution in [2.24, 2.45) is 5.92 Å². The van der Waals surface area contributed by atoms with Crippen molar-refractivity contribution < 1.29 is 4.74 Å². The van der Waals surface area contributed by atoms with E-state index >= 15 is 0 Å². The molecular formula is C14H19BrClNO. The first-order chi connectivity index (χ1) is 8.58. The Kier molecular flexibility index (Phi) is 4.93. The summed E-state index contributed by atoms with van der Waals surface area (Å²) < 4.78 is 6.74. The molecule has 100 valence electrons. The van der Waals surface area contributed by atoms with Crippen molar-refractivity contribution in [3.8, 4) is 5.75 Å². The Morgan fingerprint density at radius 1 is 1.50 bits per heavy atom. The van der Waals surface area contributed by atoms with E-state index in [0.717, 1.165) is 28.2 Å². The number of benzene rings is 1. The van der Waals surface area contributed by atoms with Crippen molar-refractivity contribution in [2.75, 3.05) is 13.2 Å². The van der Waals surface area contributed by atoms with Crippen molar-refractivity contribution >= 4 is 27.5 Å². The molecule has 1 aliphatic rings. The minimum atomic E-state index is 0.607. The predicted molar refractivity (Wildman–Crippen MR) is 79.6 cm³/mol. The highest BCUT2D eigenvalue weighted by atomic mass is 79.9. The fraction of sp³-hybridized carbons (Fsp3) is 0.571. The third-order valence-corrected chi connectivity index (χ3v) is 4.08. The Hall–Kier alpha value is -0.250. The highest BCUT2D eigenvalue weighted by molar-refractivity contribution is 9.10. The molecule has 1 unspecified atom stereocenters. The first-order valence-corrected chi connectivity index (χ1v) is 7.57. The molecule has 1 aliphatic carbocycles. The van der Waals surface area contributed by atoms with Crippen LogP contribution >= 0.6 is 27.5 Å². The van der Waals surface area contributed by atoms with E-state index in [-0.39, 0.29) is 0 Å². The van der Waals surface area contributed by atoms with Crippen molar-refractivity contribution in [1.82, 2.24) is 5.32 Å². The van der Waals surface area contributed by atoms with E-state index in [0.29, 0.717) is 17.7 Å². The number of aryl methyl sites for hydroxylation is 1. The van der Waals surface area contributed by atoms with Crippen LogP contribution in [0, 0.1) is 12.8 Å². The largest absolute Gasteiger partial charge is 0.490 e. The summed E-state index contributed by atoms with van der Waals surface area (Å²) in [6, 6.07) is 4.49. The molecule has 0 spiro atoms. The Bertz CT molecular complexity index is 397. The van der Waals surface area contributed by atoms with E-state index in [9.17, 15) is 0 Å². The molecule has 2 rings (SSSR count). The van der Waals surface area contributed by atoms with Gasteiger partial charge in [0.05, 0.1) is 5.02 Å². The van der Waals surface area contributed by atoms with Gasteiger partial charge in [-0.1, -0.05) is 27.5 Å². The molecule has 18 heavy (non-hydrogen) atoms. The summed E-state index contributed by atoms with van der Waals surface area (Å²) >= 11 is 9.58. The van der Waals surface area contributed by atoms with E-state index in [1.807, 2.05) is 19.1 Å². The Balaban J connectivity index is 1.79. The van der Waals surface area contributed by atoms with Gasteiger partial charge in [-0.05, 0) is 50.3 Å². The summed E-state index contributed by atoms with van der Waals surface area (Å²) in [5.41, 5.74) is 1.06. The molecule has 4 heteroatoms. The van der Waals surface area contributed by atoms with Crippen LogP contribution in [0.3, 0.4) is 0 Å². The number of hydrogen-bond donors (Lipinski definition) is 1. The highest BCUT2D eigenvalue weighted by Crippen LogP contribution is 2.33. The first kappa shape index (κ1) is 14.2. The summed E-state index contributed by atoms with van der Waals surface area (Å²) in [5, 5.41) is 4.15. The fourth-order valence-corrected chi connectivity index (χ4v) is 3.10. The molecule has 1 aromatic rings. The molecule has 1 N–H and O–H groups in total. The summed E-state index contributed by atoms with van der Waals surface area (Å²) in [7, 11) is 0. The summed E-state index contributed by atoms with van der Waals surface area (Å²) in [6.07, 6.45) is 2.74. The molecule has 0 amide bonds. The van der Waals surface area contributed by atoms with E-state index < -0.39 is 0 Å². The minimum Gasteiger partial charge on any atom is -0.490 e. The number of nitrogens with one attached hydrogen (secondary N) is 1. The number of ether oxygens (including phenoxy) is 1. The molecule has 0 saturated heterocycles. The summed E-state index contributed by atoms with van der Waals surface area (Å²) in [5.74, 6) is 1.67. The van der Waals surface area contributed by atoms with Crippen LogP contribution < -0.4 is 10.1 Å². The Morgan fingerprint density at radius 3 is 2.83 bits per heavy atom. The Labute approximate surface area is 122 Å². The highest BCUT2D eigenvalue weighted by Gasteiger charge is 2.27. The molecular weight excluding hydrogens is 314 g/mol. The van der Waals surface area contributed by atoms with Gasteiger partial charge in [-0.25, -0.2) is 0 Å². The normalized spacial score (nSPS) is 16.7. The van der Waals surface area contributed by atoms with Crippen LogP contribution in [0.5, 0.6) is 5.75 Å². The lowest BCUT2D eigenvalue weighted by atomic mass is 10.2. The fourth-order valence-electron chi connectivity index (χ4n) is 2.07. The van der Waals surface area contributed by atoms with Crippen molar-refractivity contribution in [1.29, 1.82) is 0 Å². The van der Waals surface area contributed by atoms with Gasteiger partial charge in [-0.3, -0.25) is 0 Å². The molecule has 0 bridgehead atoms. The molecule has 0 aromatic heterocycles. The van der Waals surface area contributed by atoms with E-state index in [4.69, 9.17) is 16.3 Å². The van der Waals surface area contributed by atoms with E-state index in [2.05, 4.69) is 28.2 Å². The lowest BCUT2D eigenvalue weighted by molar-refractivity contribution is 0.301. The number of rotatable bonds is 6. The van der Waals surface area contributed by atoms with E-state index in [1.165, 1.54) is 12.8 Å². The summed E-state index contributed by atoms with van der Waals surface area (Å²) in [4.78, 5) is 0. The molecule has 1 atom stereocenters. The molecule has 2 nitrogen and oxygen atoms in total. The molecule has 0 aliphatic heterocycles. The van der Waals surface area contributed by atoms with Crippen LogP contribution in [0.1, 0.15) is 25.3 Å². The third-order valence-electron chi connectivity index (χ3n) is 3.34. The standard InChI is InChI=1S/C14H19BrClNO/c1-9-7-12(15)8-13(16)14(9)18-6-5-17-10(2)11-3-4-11/h7-8,10-11,17H,3-6H2,1-2H3. The van der Waals surface area contributed by atoms with Gasteiger partial charge in [0.2, 0.25) is 0 Å². The minimum absolute atomic E-state index is 0.607. The van der Waals surface area contributed by atoms with Gasteiger partial charge >= 0.3 is 0 Å². The lowest BCUT2D eigenvalue weighted by Crippen LogP contribution is -2.31. The smallest absolute Gasteiger partial charge is 0.140 e. The molecule has 1 fully saturated rings. The second-order valence-corrected chi connectivity index (χ2v) is 6.29. The van der Waals surface area contributed by atoms with Crippen LogP contribution in [0.15, 0.2) is 16.6 Å². The van der Waals surface area contributed by atoms with Crippen LogP contribution in [-0.4, -0.2) is 19.2 Å². The average molecular weight is 333 g/mol. The second-order valence-electron chi connectivity index (χ2n) is 4.96. The van der Waals surface area contributed by atoms with Crippen LogP contribution in [0.4, 0.5) is 0 Å². The maximum Gasteiger partial charge on any atom is 0.140 e. The van der Waals surface area contributed by atoms with Gasteiger partial charge in [-0.2, -0.15) is 0 Å². The van der Waals surface area contributed by atoms with Crippen molar-refractivity contribution in [3.05, 3.63) is 27.2 Å². The zero-order chi connectivity index (χ0) is 13.1. The number of hydrogen-bond acceptors (Lipinski definition) is 2. The van der Waals surface area contributed by atoms with Gasteiger partial charge in [0.25, 0.3) is 0 Å².